The molecule has 154 valence electrons. The standard InChI is InChI=1S/C24H33FO3/c1-5-6-20(27)28-21-15(2)13-19-18-8-7-16-14-17(26)9-10-23(16,4)24(18,25)12-11-22(19,21)3/h9-10,14-15,18-19,21H,5-8,11-13H2,1-4H3/t15-,18-,19-,21+,22-,23-,24+/m0/s1. The van der Waals surface area contributed by atoms with Gasteiger partial charge in [0.15, 0.2) is 5.78 Å². The molecule has 4 heteroatoms. The van der Waals surface area contributed by atoms with E-state index in [1.807, 2.05) is 19.9 Å². The van der Waals surface area contributed by atoms with E-state index in [1.54, 1.807) is 12.2 Å². The maximum absolute atomic E-state index is 16.8. The van der Waals surface area contributed by atoms with Crippen molar-refractivity contribution in [3.8, 4) is 0 Å². The summed E-state index contributed by atoms with van der Waals surface area (Å²) in [6, 6.07) is 0. The number of hydrogen-bond donors (Lipinski definition) is 0. The van der Waals surface area contributed by atoms with Gasteiger partial charge >= 0.3 is 5.97 Å². The average Bonchev–Trinajstić information content (AvgIpc) is 2.88. The van der Waals surface area contributed by atoms with Gasteiger partial charge in [0.25, 0.3) is 0 Å². The lowest BCUT2D eigenvalue weighted by Gasteiger charge is -2.60. The van der Waals surface area contributed by atoms with E-state index in [4.69, 9.17) is 4.74 Å². The first kappa shape index (κ1) is 19.8. The largest absolute Gasteiger partial charge is 0.461 e. The molecule has 0 bridgehead atoms. The summed E-state index contributed by atoms with van der Waals surface area (Å²) < 4.78 is 22.8. The third-order valence-corrected chi connectivity index (χ3v) is 8.61. The first-order valence-electron chi connectivity index (χ1n) is 11.0. The van der Waals surface area contributed by atoms with Crippen molar-refractivity contribution in [3.63, 3.8) is 0 Å². The summed E-state index contributed by atoms with van der Waals surface area (Å²) in [7, 11) is 0. The predicted octanol–water partition coefficient (Wildman–Crippen LogP) is 5.34. The van der Waals surface area contributed by atoms with E-state index in [9.17, 15) is 9.59 Å². The van der Waals surface area contributed by atoms with E-state index in [0.717, 1.165) is 37.7 Å². The quantitative estimate of drug-likeness (QED) is 0.613. The van der Waals surface area contributed by atoms with Crippen LogP contribution < -0.4 is 0 Å². The summed E-state index contributed by atoms with van der Waals surface area (Å²) in [5.74, 6) is 0.278. The second kappa shape index (κ2) is 6.53. The van der Waals surface area contributed by atoms with E-state index in [1.165, 1.54) is 0 Å². The van der Waals surface area contributed by atoms with Crippen LogP contribution in [0.15, 0.2) is 23.8 Å². The Morgan fingerprint density at radius 1 is 1.29 bits per heavy atom. The summed E-state index contributed by atoms with van der Waals surface area (Å²) in [6.07, 6.45) is 9.83. The van der Waals surface area contributed by atoms with Crippen molar-refractivity contribution in [1.82, 2.24) is 0 Å². The zero-order valence-electron chi connectivity index (χ0n) is 17.6. The fourth-order valence-corrected chi connectivity index (χ4v) is 7.07. The minimum atomic E-state index is -1.33. The predicted molar refractivity (Wildman–Crippen MR) is 106 cm³/mol. The van der Waals surface area contributed by atoms with Crippen LogP contribution in [0.4, 0.5) is 4.39 Å². The number of hydrogen-bond acceptors (Lipinski definition) is 3. The molecule has 0 aromatic carbocycles. The lowest BCUT2D eigenvalue weighted by Crippen LogP contribution is -2.60. The first-order chi connectivity index (χ1) is 13.2. The Bertz CT molecular complexity index is 755. The fraction of sp³-hybridized carbons (Fsp3) is 0.750. The smallest absolute Gasteiger partial charge is 0.306 e. The molecule has 0 amide bonds. The Kier molecular flexibility index (Phi) is 4.63. The second-order valence-corrected chi connectivity index (χ2v) is 10.1. The Morgan fingerprint density at radius 2 is 2.04 bits per heavy atom. The molecule has 4 rings (SSSR count). The van der Waals surface area contributed by atoms with Crippen molar-refractivity contribution >= 4 is 11.8 Å². The van der Waals surface area contributed by atoms with Crippen molar-refractivity contribution < 1.29 is 18.7 Å². The number of allylic oxidation sites excluding steroid dienone is 4. The van der Waals surface area contributed by atoms with E-state index in [-0.39, 0.29) is 41.0 Å². The molecule has 0 spiro atoms. The molecule has 3 nitrogen and oxygen atoms in total. The van der Waals surface area contributed by atoms with Gasteiger partial charge in [-0.3, -0.25) is 9.59 Å². The van der Waals surface area contributed by atoms with Crippen LogP contribution in [0, 0.1) is 28.6 Å². The molecule has 0 heterocycles. The summed E-state index contributed by atoms with van der Waals surface area (Å²) in [6.45, 7) is 8.34. The van der Waals surface area contributed by atoms with E-state index >= 15 is 4.39 Å². The number of esters is 1. The lowest BCUT2D eigenvalue weighted by atomic mass is 9.47. The highest BCUT2D eigenvalue weighted by Crippen LogP contribution is 2.68. The molecular formula is C24H33FO3. The summed E-state index contributed by atoms with van der Waals surface area (Å²) in [5, 5.41) is 0. The van der Waals surface area contributed by atoms with Crippen LogP contribution in [-0.2, 0) is 14.3 Å². The van der Waals surface area contributed by atoms with Crippen LogP contribution in [0.3, 0.4) is 0 Å². The molecular weight excluding hydrogens is 355 g/mol. The Labute approximate surface area is 167 Å². The number of carbonyl (C=O) groups is 2. The van der Waals surface area contributed by atoms with Gasteiger partial charge < -0.3 is 4.74 Å². The third-order valence-electron chi connectivity index (χ3n) is 8.61. The van der Waals surface area contributed by atoms with Gasteiger partial charge in [-0.1, -0.05) is 32.4 Å². The van der Waals surface area contributed by atoms with Crippen molar-refractivity contribution in [2.45, 2.75) is 84.4 Å². The number of ether oxygens (including phenoxy) is 1. The van der Waals surface area contributed by atoms with Crippen LogP contribution >= 0.6 is 0 Å². The number of ketones is 1. The highest BCUT2D eigenvalue weighted by molar-refractivity contribution is 6.01. The number of halogens is 1. The van der Waals surface area contributed by atoms with Crippen LogP contribution in [0.2, 0.25) is 0 Å². The van der Waals surface area contributed by atoms with Crippen molar-refractivity contribution in [1.29, 1.82) is 0 Å². The molecule has 4 aliphatic carbocycles. The van der Waals surface area contributed by atoms with Gasteiger partial charge in [0.05, 0.1) is 0 Å². The van der Waals surface area contributed by atoms with E-state index in [0.29, 0.717) is 12.8 Å². The molecule has 0 radical (unpaired) electrons. The Morgan fingerprint density at radius 3 is 2.75 bits per heavy atom. The number of rotatable bonds is 3. The maximum Gasteiger partial charge on any atom is 0.306 e. The number of fused-ring (bicyclic) bond motifs is 5. The topological polar surface area (TPSA) is 43.4 Å². The van der Waals surface area contributed by atoms with Gasteiger partial charge in [-0.15, -0.1) is 0 Å². The summed E-state index contributed by atoms with van der Waals surface area (Å²) >= 11 is 0. The van der Waals surface area contributed by atoms with Gasteiger partial charge in [-0.2, -0.15) is 0 Å². The van der Waals surface area contributed by atoms with Gasteiger partial charge in [-0.25, -0.2) is 4.39 Å². The molecule has 3 fully saturated rings. The van der Waals surface area contributed by atoms with Gasteiger partial charge in [0, 0.05) is 17.3 Å². The molecule has 0 unspecified atom stereocenters. The highest BCUT2D eigenvalue weighted by atomic mass is 19.1. The molecule has 4 aliphatic rings. The van der Waals surface area contributed by atoms with Crippen LogP contribution in [-0.4, -0.2) is 23.5 Å². The van der Waals surface area contributed by atoms with Gasteiger partial charge in [-0.05, 0) is 75.4 Å². The Hall–Kier alpha value is -1.45. The molecule has 0 aromatic heterocycles. The summed E-state index contributed by atoms with van der Waals surface area (Å²) in [5.41, 5.74) is -1.22. The van der Waals surface area contributed by atoms with Crippen molar-refractivity contribution in [2.24, 2.45) is 28.6 Å². The van der Waals surface area contributed by atoms with E-state index < -0.39 is 11.1 Å². The Balaban J connectivity index is 1.66. The van der Waals surface area contributed by atoms with Crippen LogP contribution in [0.25, 0.3) is 0 Å². The third kappa shape index (κ3) is 2.59. The van der Waals surface area contributed by atoms with Crippen molar-refractivity contribution in [3.05, 3.63) is 23.8 Å². The molecule has 3 saturated carbocycles. The number of alkyl halides is 1. The van der Waals surface area contributed by atoms with Gasteiger partial charge in [0.2, 0.25) is 0 Å². The lowest BCUT2D eigenvalue weighted by molar-refractivity contribution is -0.169. The molecule has 0 aromatic rings. The number of carbonyl (C=O) groups excluding carboxylic acids is 2. The van der Waals surface area contributed by atoms with Gasteiger partial charge in [0.1, 0.15) is 11.8 Å². The van der Waals surface area contributed by atoms with Crippen LogP contribution in [0.1, 0.15) is 72.6 Å². The SMILES string of the molecule is CCCC(=O)O[C@@H]1[C@@H](C)C[C@H]2[C@@H]3CCC4=CC(=O)C=C[C@]4(C)[C@@]3(F)CC[C@]12C. The molecule has 0 N–H and O–H groups in total. The minimum Gasteiger partial charge on any atom is -0.461 e. The van der Waals surface area contributed by atoms with Crippen molar-refractivity contribution in [2.75, 3.05) is 0 Å². The molecule has 0 aliphatic heterocycles. The molecule has 28 heavy (non-hydrogen) atoms. The minimum absolute atomic E-state index is 0.0208. The zero-order chi connectivity index (χ0) is 20.3. The fourth-order valence-electron chi connectivity index (χ4n) is 7.07. The molecule has 0 saturated heterocycles. The molecule has 7 atom stereocenters. The van der Waals surface area contributed by atoms with E-state index in [2.05, 4.69) is 13.8 Å². The average molecular weight is 389 g/mol. The maximum atomic E-state index is 16.8. The first-order valence-corrected chi connectivity index (χ1v) is 11.0. The summed E-state index contributed by atoms with van der Waals surface area (Å²) in [4.78, 5) is 24.1. The normalized spacial score (nSPS) is 47.0. The van der Waals surface area contributed by atoms with Crippen LogP contribution in [0.5, 0.6) is 0 Å². The second-order valence-electron chi connectivity index (χ2n) is 10.1. The monoisotopic (exact) mass is 388 g/mol. The zero-order valence-corrected chi connectivity index (χ0v) is 17.6. The highest BCUT2D eigenvalue weighted by Gasteiger charge is 2.68.